The lowest BCUT2D eigenvalue weighted by molar-refractivity contribution is 0.114. The summed E-state index contributed by atoms with van der Waals surface area (Å²) in [6.45, 7) is 3.08. The molecule has 2 aliphatic rings. The number of cyclic esters (lactones) is 1. The van der Waals surface area contributed by atoms with E-state index in [-0.39, 0.29) is 17.6 Å². The summed E-state index contributed by atoms with van der Waals surface area (Å²) in [6, 6.07) is 5.76. The monoisotopic (exact) mass is 317 g/mol. The molecule has 7 heteroatoms. The van der Waals surface area contributed by atoms with Gasteiger partial charge in [0.25, 0.3) is 0 Å². The van der Waals surface area contributed by atoms with E-state index < -0.39 is 5.82 Å². The Hall–Kier alpha value is -2.41. The van der Waals surface area contributed by atoms with E-state index in [4.69, 9.17) is 4.74 Å². The van der Waals surface area contributed by atoms with Crippen molar-refractivity contribution >= 4 is 17.0 Å². The van der Waals surface area contributed by atoms with E-state index in [1.165, 1.54) is 18.2 Å². The molecule has 4 rings (SSSR count). The third-order valence-electron chi connectivity index (χ3n) is 4.44. The summed E-state index contributed by atoms with van der Waals surface area (Å²) in [7, 11) is 0. The molecule has 0 radical (unpaired) electrons. The lowest BCUT2D eigenvalue weighted by Gasteiger charge is -2.35. The summed E-state index contributed by atoms with van der Waals surface area (Å²) in [5, 5.41) is 0.355. The third-order valence-corrected chi connectivity index (χ3v) is 4.44. The van der Waals surface area contributed by atoms with E-state index in [2.05, 4.69) is 9.88 Å². The number of ether oxygens (including phenoxy) is 1. The van der Waals surface area contributed by atoms with Crippen LogP contribution >= 0.6 is 0 Å². The van der Waals surface area contributed by atoms with Crippen molar-refractivity contribution in [2.24, 2.45) is 0 Å². The van der Waals surface area contributed by atoms with Gasteiger partial charge in [0.1, 0.15) is 12.4 Å². The first-order chi connectivity index (χ1) is 11.1. The van der Waals surface area contributed by atoms with Gasteiger partial charge in [0, 0.05) is 48.8 Å². The molecular weight excluding hydrogens is 301 g/mol. The number of piperazine rings is 1. The number of fused-ring (bicyclic) bond motifs is 2. The molecule has 0 spiro atoms. The smallest absolute Gasteiger partial charge is 0.410 e. The predicted octanol–water partition coefficient (Wildman–Crippen LogP) is 1.30. The van der Waals surface area contributed by atoms with Crippen LogP contribution in [0.15, 0.2) is 29.1 Å². The maximum Gasteiger partial charge on any atom is 0.410 e. The second-order valence-electron chi connectivity index (χ2n) is 6.01. The number of amides is 1. The number of hydrogen-bond acceptors (Lipinski definition) is 4. The molecule has 0 saturated carbocycles. The molecule has 1 amide bonds. The zero-order valence-corrected chi connectivity index (χ0v) is 12.4. The predicted molar refractivity (Wildman–Crippen MR) is 81.6 cm³/mol. The van der Waals surface area contributed by atoms with Gasteiger partial charge in [0.05, 0.1) is 6.04 Å². The number of hydrogen-bond donors (Lipinski definition) is 1. The molecule has 6 nitrogen and oxygen atoms in total. The van der Waals surface area contributed by atoms with Gasteiger partial charge in [-0.15, -0.1) is 0 Å². The van der Waals surface area contributed by atoms with Crippen molar-refractivity contribution < 1.29 is 13.9 Å². The van der Waals surface area contributed by atoms with Crippen LogP contribution in [0.5, 0.6) is 0 Å². The van der Waals surface area contributed by atoms with Crippen LogP contribution in [0.3, 0.4) is 0 Å². The topological polar surface area (TPSA) is 65.6 Å². The molecular formula is C16H16FN3O3. The van der Waals surface area contributed by atoms with Crippen LogP contribution in [0.1, 0.15) is 5.69 Å². The number of benzene rings is 1. The average molecular weight is 317 g/mol. The van der Waals surface area contributed by atoms with Crippen LogP contribution in [0.4, 0.5) is 9.18 Å². The zero-order valence-electron chi connectivity index (χ0n) is 12.4. The first-order valence-corrected chi connectivity index (χ1v) is 7.57. The summed E-state index contributed by atoms with van der Waals surface area (Å²) in [5.74, 6) is -0.419. The van der Waals surface area contributed by atoms with Gasteiger partial charge in [-0.05, 0) is 18.2 Å². The Morgan fingerprint density at radius 3 is 3.00 bits per heavy atom. The van der Waals surface area contributed by atoms with Crippen LogP contribution in [0.25, 0.3) is 10.9 Å². The second-order valence-corrected chi connectivity index (χ2v) is 6.01. The van der Waals surface area contributed by atoms with Crippen molar-refractivity contribution in [3.05, 3.63) is 46.0 Å². The maximum atomic E-state index is 13.2. The number of nitrogens with one attached hydrogen (secondary N) is 1. The Balaban J connectivity index is 1.55. The maximum absolute atomic E-state index is 13.2. The molecule has 120 valence electrons. The van der Waals surface area contributed by atoms with Gasteiger partial charge in [-0.25, -0.2) is 9.18 Å². The molecule has 0 aliphatic carbocycles. The van der Waals surface area contributed by atoms with Crippen molar-refractivity contribution in [2.45, 2.75) is 12.6 Å². The number of carbonyl (C=O) groups is 1. The second kappa shape index (κ2) is 5.34. The Morgan fingerprint density at radius 2 is 2.13 bits per heavy atom. The summed E-state index contributed by atoms with van der Waals surface area (Å²) in [4.78, 5) is 30.8. The van der Waals surface area contributed by atoms with Crippen molar-refractivity contribution in [3.8, 4) is 0 Å². The number of aromatic nitrogens is 1. The van der Waals surface area contributed by atoms with Gasteiger partial charge >= 0.3 is 6.09 Å². The van der Waals surface area contributed by atoms with Crippen molar-refractivity contribution in [1.82, 2.24) is 14.8 Å². The Morgan fingerprint density at radius 1 is 1.26 bits per heavy atom. The molecule has 1 aromatic heterocycles. The van der Waals surface area contributed by atoms with E-state index in [0.29, 0.717) is 30.6 Å². The Labute approximate surface area is 131 Å². The molecule has 2 saturated heterocycles. The number of H-pyrrole nitrogens is 1. The van der Waals surface area contributed by atoms with E-state index in [1.807, 2.05) is 0 Å². The molecule has 0 bridgehead atoms. The van der Waals surface area contributed by atoms with Crippen LogP contribution in [0, 0.1) is 5.82 Å². The highest BCUT2D eigenvalue weighted by Crippen LogP contribution is 2.19. The van der Waals surface area contributed by atoms with Crippen LogP contribution in [-0.4, -0.2) is 53.2 Å². The summed E-state index contributed by atoms with van der Waals surface area (Å²) in [5.41, 5.74) is 1.23. The Kier molecular flexibility index (Phi) is 3.30. The van der Waals surface area contributed by atoms with Crippen molar-refractivity contribution in [3.63, 3.8) is 0 Å². The normalized spacial score (nSPS) is 21.5. The lowest BCUT2D eigenvalue weighted by atomic mass is 10.1. The van der Waals surface area contributed by atoms with E-state index >= 15 is 0 Å². The molecule has 0 unspecified atom stereocenters. The number of carbonyl (C=O) groups excluding carboxylic acids is 1. The Bertz CT molecular complexity index is 835. The fourth-order valence-corrected chi connectivity index (χ4v) is 3.30. The minimum atomic E-state index is -0.419. The van der Waals surface area contributed by atoms with Crippen LogP contribution in [-0.2, 0) is 11.3 Å². The molecule has 1 N–H and O–H groups in total. The average Bonchev–Trinajstić information content (AvgIpc) is 2.89. The highest BCUT2D eigenvalue weighted by atomic mass is 19.1. The van der Waals surface area contributed by atoms with Gasteiger partial charge in [0.2, 0.25) is 0 Å². The third kappa shape index (κ3) is 2.57. The van der Waals surface area contributed by atoms with Crippen molar-refractivity contribution in [1.29, 1.82) is 0 Å². The molecule has 2 aliphatic heterocycles. The van der Waals surface area contributed by atoms with E-state index in [1.54, 1.807) is 11.0 Å². The number of aromatic amines is 1. The summed E-state index contributed by atoms with van der Waals surface area (Å²) < 4.78 is 18.3. The zero-order chi connectivity index (χ0) is 16.0. The fraction of sp³-hybridized carbons (Fsp3) is 0.375. The number of rotatable bonds is 2. The minimum Gasteiger partial charge on any atom is -0.447 e. The largest absolute Gasteiger partial charge is 0.447 e. The number of nitrogens with zero attached hydrogens (tertiary/aromatic N) is 2. The van der Waals surface area contributed by atoms with E-state index in [0.717, 1.165) is 18.8 Å². The van der Waals surface area contributed by atoms with Crippen molar-refractivity contribution in [2.75, 3.05) is 26.2 Å². The van der Waals surface area contributed by atoms with Gasteiger partial charge in [-0.1, -0.05) is 0 Å². The van der Waals surface area contributed by atoms with E-state index in [9.17, 15) is 14.0 Å². The molecule has 2 fully saturated rings. The number of pyridine rings is 1. The van der Waals surface area contributed by atoms with Gasteiger partial charge in [-0.2, -0.15) is 0 Å². The molecule has 1 atom stereocenters. The van der Waals surface area contributed by atoms with Crippen LogP contribution in [0.2, 0.25) is 0 Å². The molecule has 1 aromatic carbocycles. The standard InChI is InChI=1S/C16H16FN3O3/c17-10-1-2-14-13(5-10)15(21)6-11(18-14)7-19-3-4-20-12(8-19)9-23-16(20)22/h1-2,5-6,12H,3-4,7-9H2,(H,18,21)/t12-/m0/s1. The SMILES string of the molecule is O=C1OC[C@@H]2CN(Cc3cc(=O)c4cc(F)ccc4[nH]3)CCN12. The van der Waals surface area contributed by atoms with Gasteiger partial charge < -0.3 is 9.72 Å². The first kappa shape index (κ1) is 14.2. The van der Waals surface area contributed by atoms with Crippen LogP contribution < -0.4 is 5.43 Å². The minimum absolute atomic E-state index is 0.0810. The highest BCUT2D eigenvalue weighted by molar-refractivity contribution is 5.78. The lowest BCUT2D eigenvalue weighted by Crippen LogP contribution is -2.51. The van der Waals surface area contributed by atoms with Gasteiger partial charge in [-0.3, -0.25) is 14.6 Å². The molecule has 3 heterocycles. The fourth-order valence-electron chi connectivity index (χ4n) is 3.30. The summed E-state index contributed by atoms with van der Waals surface area (Å²) in [6.07, 6.45) is -0.240. The molecule has 2 aromatic rings. The quantitative estimate of drug-likeness (QED) is 0.907. The molecule has 23 heavy (non-hydrogen) atoms. The highest BCUT2D eigenvalue weighted by Gasteiger charge is 2.37. The van der Waals surface area contributed by atoms with Gasteiger partial charge in [0.15, 0.2) is 5.43 Å². The first-order valence-electron chi connectivity index (χ1n) is 7.57. The number of halogens is 1. The summed E-state index contributed by atoms with van der Waals surface area (Å²) >= 11 is 0.